The van der Waals surface area contributed by atoms with E-state index in [2.05, 4.69) is 24.5 Å². The summed E-state index contributed by atoms with van der Waals surface area (Å²) >= 11 is 1.54. The molecule has 308 valence electrons. The number of amides is 2. The van der Waals surface area contributed by atoms with Gasteiger partial charge in [-0.1, -0.05) is 91.9 Å². The van der Waals surface area contributed by atoms with Crippen LogP contribution in [0.15, 0.2) is 0 Å². The zero-order valence-corrected chi connectivity index (χ0v) is 34.1. The van der Waals surface area contributed by atoms with E-state index in [-0.39, 0.29) is 74.1 Å². The third kappa shape index (κ3) is 32.6. The molecule has 0 aromatic heterocycles. The van der Waals surface area contributed by atoms with E-state index in [0.717, 1.165) is 57.8 Å². The molecule has 0 rings (SSSR count). The Balaban J connectivity index is 3.80. The maximum Gasteiger partial charge on any atom is 0.326 e. The highest BCUT2D eigenvalue weighted by Crippen LogP contribution is 2.22. The topological polar surface area (TPSA) is 185 Å². The van der Waals surface area contributed by atoms with Crippen molar-refractivity contribution in [3.05, 3.63) is 0 Å². The summed E-state index contributed by atoms with van der Waals surface area (Å²) < 4.78 is 11.0. The zero-order valence-electron chi connectivity index (χ0n) is 33.3. The van der Waals surface area contributed by atoms with Gasteiger partial charge in [0.2, 0.25) is 11.8 Å². The van der Waals surface area contributed by atoms with Crippen LogP contribution in [0.5, 0.6) is 0 Å². The van der Waals surface area contributed by atoms with Crippen molar-refractivity contribution in [3.8, 4) is 0 Å². The van der Waals surface area contributed by atoms with E-state index >= 15 is 0 Å². The first-order valence-corrected chi connectivity index (χ1v) is 21.3. The monoisotopic (exact) mass is 772 g/mol. The van der Waals surface area contributed by atoms with E-state index in [1.807, 2.05) is 13.8 Å². The van der Waals surface area contributed by atoms with Crippen LogP contribution >= 0.6 is 11.8 Å². The molecule has 0 aromatic rings. The van der Waals surface area contributed by atoms with E-state index in [0.29, 0.717) is 56.5 Å². The number of unbranched alkanes of at least 4 members (excludes halogenated alkanes) is 11. The molecule has 2 atom stereocenters. The van der Waals surface area contributed by atoms with Crippen molar-refractivity contribution in [1.29, 1.82) is 0 Å². The Morgan fingerprint density at radius 2 is 1.17 bits per heavy atom. The van der Waals surface area contributed by atoms with Crippen LogP contribution < -0.4 is 10.6 Å². The Morgan fingerprint density at radius 3 is 1.70 bits per heavy atom. The first-order valence-electron chi connectivity index (χ1n) is 20.1. The summed E-state index contributed by atoms with van der Waals surface area (Å²) in [6.07, 6.45) is 14.9. The second kappa shape index (κ2) is 34.0. The van der Waals surface area contributed by atoms with E-state index in [9.17, 15) is 33.9 Å². The number of carboxylic acids is 2. The SMILES string of the molecule is CC(C)CC(CSCC(=O)CCCOCCOCCNC(=O)CCC(NC(=O)CCCCCCCCCCCCCCC(=O)O)C(=O)O)C(=O)C(C)C. The van der Waals surface area contributed by atoms with Gasteiger partial charge in [-0.05, 0) is 38.0 Å². The van der Waals surface area contributed by atoms with Gasteiger partial charge in [-0.2, -0.15) is 11.8 Å². The van der Waals surface area contributed by atoms with Crippen molar-refractivity contribution < 1.29 is 48.5 Å². The van der Waals surface area contributed by atoms with Crippen LogP contribution in [0.3, 0.4) is 0 Å². The number of Topliss-reactive ketones (excluding diaryl/α,β-unsaturated/α-hetero) is 2. The van der Waals surface area contributed by atoms with Gasteiger partial charge in [0, 0.05) is 56.4 Å². The first kappa shape index (κ1) is 50.5. The summed E-state index contributed by atoms with van der Waals surface area (Å²) in [5.74, 6) is -0.549. The van der Waals surface area contributed by atoms with Gasteiger partial charge in [0.05, 0.1) is 25.6 Å². The Kier molecular flexibility index (Phi) is 32.4. The number of carboxylic acid groups (broad SMARTS) is 2. The highest BCUT2D eigenvalue weighted by Gasteiger charge is 2.23. The number of carbonyl (C=O) groups excluding carboxylic acids is 4. The van der Waals surface area contributed by atoms with Crippen molar-refractivity contribution in [2.24, 2.45) is 17.8 Å². The molecular weight excluding hydrogens is 701 g/mol. The maximum absolute atomic E-state index is 12.4. The normalized spacial score (nSPS) is 12.5. The molecule has 12 nitrogen and oxygen atoms in total. The fraction of sp³-hybridized carbons (Fsp3) is 0.850. The molecular formula is C40H72N2O10S. The second-order valence-corrected chi connectivity index (χ2v) is 15.8. The highest BCUT2D eigenvalue weighted by atomic mass is 32.2. The Morgan fingerprint density at radius 1 is 0.623 bits per heavy atom. The van der Waals surface area contributed by atoms with E-state index in [4.69, 9.17) is 14.6 Å². The van der Waals surface area contributed by atoms with Crippen molar-refractivity contribution >= 4 is 47.1 Å². The van der Waals surface area contributed by atoms with Gasteiger partial charge in [-0.25, -0.2) is 4.79 Å². The molecule has 0 saturated heterocycles. The fourth-order valence-corrected chi connectivity index (χ4v) is 6.94. The number of hydrogen-bond acceptors (Lipinski definition) is 9. The number of ether oxygens (including phenoxy) is 2. The molecule has 0 saturated carbocycles. The zero-order chi connectivity index (χ0) is 39.7. The molecule has 0 radical (unpaired) electrons. The number of carbonyl (C=O) groups is 6. The van der Waals surface area contributed by atoms with Crippen molar-refractivity contribution in [3.63, 3.8) is 0 Å². The number of thioether (sulfide) groups is 1. The van der Waals surface area contributed by atoms with Gasteiger partial charge >= 0.3 is 11.9 Å². The summed E-state index contributed by atoms with van der Waals surface area (Å²) in [6.45, 7) is 9.78. The molecule has 0 spiro atoms. The van der Waals surface area contributed by atoms with Crippen LogP contribution in [0.25, 0.3) is 0 Å². The van der Waals surface area contributed by atoms with Crippen LogP contribution in [0.2, 0.25) is 0 Å². The minimum atomic E-state index is -1.16. The molecule has 0 aromatic carbocycles. The molecule has 0 heterocycles. The number of rotatable bonds is 38. The van der Waals surface area contributed by atoms with E-state index in [1.54, 1.807) is 11.8 Å². The lowest BCUT2D eigenvalue weighted by molar-refractivity contribution is -0.142. The molecule has 0 fully saturated rings. The first-order chi connectivity index (χ1) is 25.3. The Hall–Kier alpha value is -2.51. The number of aliphatic carboxylic acids is 2. The largest absolute Gasteiger partial charge is 0.481 e. The molecule has 0 aliphatic rings. The molecule has 0 aliphatic carbocycles. The summed E-state index contributed by atoms with van der Waals surface area (Å²) in [6, 6.07) is -1.12. The third-order valence-electron chi connectivity index (χ3n) is 8.83. The van der Waals surface area contributed by atoms with Crippen LogP contribution in [0.1, 0.15) is 150 Å². The van der Waals surface area contributed by atoms with Gasteiger partial charge in [0.15, 0.2) is 0 Å². The van der Waals surface area contributed by atoms with Crippen molar-refractivity contribution in [1.82, 2.24) is 10.6 Å². The lowest BCUT2D eigenvalue weighted by Crippen LogP contribution is -2.41. The lowest BCUT2D eigenvalue weighted by Gasteiger charge is -2.19. The fourth-order valence-electron chi connectivity index (χ4n) is 5.87. The third-order valence-corrected chi connectivity index (χ3v) is 10.00. The van der Waals surface area contributed by atoms with Gasteiger partial charge in [0.1, 0.15) is 17.6 Å². The van der Waals surface area contributed by atoms with Crippen LogP contribution in [0.4, 0.5) is 0 Å². The molecule has 0 bridgehead atoms. The predicted octanol–water partition coefficient (Wildman–Crippen LogP) is 7.00. The summed E-state index contributed by atoms with van der Waals surface area (Å²) in [5.41, 5.74) is 0. The molecule has 53 heavy (non-hydrogen) atoms. The number of hydrogen-bond donors (Lipinski definition) is 4. The summed E-state index contributed by atoms with van der Waals surface area (Å²) in [4.78, 5) is 71.3. The van der Waals surface area contributed by atoms with Crippen LogP contribution in [-0.2, 0) is 38.2 Å². The summed E-state index contributed by atoms with van der Waals surface area (Å²) in [7, 11) is 0. The molecule has 0 aliphatic heterocycles. The van der Waals surface area contributed by atoms with Gasteiger partial charge < -0.3 is 30.3 Å². The minimum Gasteiger partial charge on any atom is -0.481 e. The van der Waals surface area contributed by atoms with Gasteiger partial charge in [0.25, 0.3) is 0 Å². The lowest BCUT2D eigenvalue weighted by atomic mass is 9.89. The van der Waals surface area contributed by atoms with Crippen LogP contribution in [-0.4, -0.2) is 96.1 Å². The van der Waals surface area contributed by atoms with Gasteiger partial charge in [-0.15, -0.1) is 0 Å². The highest BCUT2D eigenvalue weighted by molar-refractivity contribution is 7.99. The standard InChI is InChI=1S/C40H72N2O10S/c1-31(2)28-33(39(48)32(3)4)29-53-30-34(43)18-17-24-51-26-27-52-25-23-41-36(44)22-21-35(40(49)50)42-37(45)19-15-13-11-9-7-5-6-8-10-12-14-16-20-38(46)47/h31-33,35H,5-30H2,1-4H3,(H,41,44)(H,42,45)(H,46,47)(H,49,50). The number of ketones is 2. The molecule has 2 unspecified atom stereocenters. The minimum absolute atomic E-state index is 0.00135. The Labute approximate surface area is 323 Å². The van der Waals surface area contributed by atoms with Crippen LogP contribution in [0, 0.1) is 17.8 Å². The smallest absolute Gasteiger partial charge is 0.326 e. The summed E-state index contributed by atoms with van der Waals surface area (Å²) in [5, 5.41) is 23.4. The molecule has 4 N–H and O–H groups in total. The molecule has 13 heteroatoms. The predicted molar refractivity (Wildman–Crippen MR) is 210 cm³/mol. The maximum atomic E-state index is 12.4. The van der Waals surface area contributed by atoms with E-state index in [1.165, 1.54) is 19.3 Å². The van der Waals surface area contributed by atoms with Gasteiger partial charge in [-0.3, -0.25) is 24.0 Å². The Bertz CT molecular complexity index is 1020. The quantitative estimate of drug-likeness (QED) is 0.0474. The average molecular weight is 773 g/mol. The number of nitrogens with one attached hydrogen (secondary N) is 2. The molecule has 2 amide bonds. The van der Waals surface area contributed by atoms with Crippen molar-refractivity contribution in [2.75, 3.05) is 44.5 Å². The second-order valence-electron chi connectivity index (χ2n) is 14.7. The average Bonchev–Trinajstić information content (AvgIpc) is 3.09. The van der Waals surface area contributed by atoms with Crippen molar-refractivity contribution in [2.45, 2.75) is 156 Å². The van der Waals surface area contributed by atoms with E-state index < -0.39 is 18.0 Å².